The molecule has 17 aromatic carbocycles. The van der Waals surface area contributed by atoms with Crippen LogP contribution in [0.1, 0.15) is 154 Å². The molecular formula is C124H108N2O2. The summed E-state index contributed by atoms with van der Waals surface area (Å²) in [7, 11) is 0. The lowest BCUT2D eigenvalue weighted by molar-refractivity contribution is 0.482. The normalized spacial score (nSPS) is 14.0. The zero-order valence-corrected chi connectivity index (χ0v) is 74.3. The molecule has 17 aromatic rings. The Morgan fingerprint density at radius 2 is 0.562 bits per heavy atom. The van der Waals surface area contributed by atoms with Gasteiger partial charge in [-0.15, -0.1) is 0 Å². The molecule has 0 spiro atoms. The van der Waals surface area contributed by atoms with Crippen LogP contribution in [0.4, 0.5) is 34.1 Å². The number of rotatable bonds is 30. The highest BCUT2D eigenvalue weighted by Crippen LogP contribution is 2.61. The average Bonchev–Trinajstić information content (AvgIpc) is 1.53. The molecule has 626 valence electrons. The summed E-state index contributed by atoms with van der Waals surface area (Å²) < 4.78 is 13.2. The first-order valence-electron chi connectivity index (χ1n) is 45.8. The van der Waals surface area contributed by atoms with E-state index in [9.17, 15) is 0 Å². The standard InChI is InChI=1S/C124H108N2O2/c1-9-13-15-19-33-97-81-116(96-53-65-104(66-54-96)126(102-61-49-94(50-62-102)92-31-23-18-24-32-92)106-68-78-114-112-36-26-28-38-118(112)124(122(114)84-106,120-80-86(6)40-42-88(120)8)100-57-75-110(76-58-100)128-108-71-45-90(12-4)46-72-108)98(34-20-16-14-10-2)82-115(97)95-51-63-103(64-52-95)125(101-59-47-93(48-60-101)91-29-21-17-22-30-91)105-67-77-113-111-35-25-27-37-117(111)123(121(113)83-105,119-79-85(5)39-41-87(119)7)99-55-73-109(74-56-99)127-107-69-43-89(11-3)44-70-107/h11-12,17-18,21-32,35-84H,3-4,9-10,13-16,19-20,33-34H2,1-2,5-8H3. The van der Waals surface area contributed by atoms with Gasteiger partial charge in [0.25, 0.3) is 0 Å². The SMILES string of the molecule is C=Cc1ccc(Oc2ccc(C3(c4cc(C)ccc4C)c4ccccc4-c4ccc(N(c5ccc(-c6ccccc6)cc5)c5ccc(-c6cc(CCCCCC)c(-c7ccc(N(c8ccc(-c9ccccc9)cc8)c8ccc9c(c8)C(c8ccc(Oc%10ccc(C=C)cc%10)cc8)(c8cc(C)ccc8C)c8ccccc8-9)cc7)cc6CCCCCC)cc5)cc43)cc2)cc1. The zero-order valence-electron chi connectivity index (χ0n) is 74.3. The van der Waals surface area contributed by atoms with Crippen LogP contribution >= 0.6 is 0 Å². The summed E-state index contributed by atoms with van der Waals surface area (Å²) in [6.45, 7) is 21.6. The van der Waals surface area contributed by atoms with E-state index in [1.807, 2.05) is 60.7 Å². The second kappa shape index (κ2) is 36.5. The number of fused-ring (bicyclic) bond motifs is 6. The van der Waals surface area contributed by atoms with Crippen molar-refractivity contribution in [2.45, 2.75) is 117 Å². The molecule has 4 heteroatoms. The first-order valence-corrected chi connectivity index (χ1v) is 45.8. The fraction of sp³-hybridized carbons (Fsp3) is 0.145. The van der Waals surface area contributed by atoms with E-state index in [0.29, 0.717) is 0 Å². The summed E-state index contributed by atoms with van der Waals surface area (Å²) in [4.78, 5) is 4.96. The Bertz CT molecular complexity index is 6430. The molecule has 0 saturated carbocycles. The number of hydrogen-bond donors (Lipinski definition) is 0. The van der Waals surface area contributed by atoms with Crippen molar-refractivity contribution in [1.29, 1.82) is 0 Å². The van der Waals surface area contributed by atoms with Gasteiger partial charge in [0.15, 0.2) is 0 Å². The van der Waals surface area contributed by atoms with Crippen LogP contribution in [-0.2, 0) is 23.7 Å². The van der Waals surface area contributed by atoms with Crippen LogP contribution in [0.2, 0.25) is 0 Å². The fourth-order valence-corrected chi connectivity index (χ4v) is 20.2. The number of ether oxygens (including phenoxy) is 2. The molecule has 0 radical (unpaired) electrons. The lowest BCUT2D eigenvalue weighted by Crippen LogP contribution is -2.30. The largest absolute Gasteiger partial charge is 0.457 e. The minimum Gasteiger partial charge on any atom is -0.457 e. The van der Waals surface area contributed by atoms with E-state index in [0.717, 1.165) is 93.9 Å². The van der Waals surface area contributed by atoms with Gasteiger partial charge < -0.3 is 19.3 Å². The van der Waals surface area contributed by atoms with Crippen molar-refractivity contribution in [3.63, 3.8) is 0 Å². The van der Waals surface area contributed by atoms with E-state index in [2.05, 4.69) is 404 Å². The lowest BCUT2D eigenvalue weighted by atomic mass is 9.66. The third kappa shape index (κ3) is 16.0. The maximum absolute atomic E-state index is 6.58. The molecule has 0 N–H and O–H groups in total. The van der Waals surface area contributed by atoms with Crippen LogP contribution in [0.15, 0.2) is 401 Å². The van der Waals surface area contributed by atoms with Crippen molar-refractivity contribution < 1.29 is 9.47 Å². The average molecular weight is 1660 g/mol. The summed E-state index contributed by atoms with van der Waals surface area (Å²) in [5.41, 5.74) is 39.4. The highest BCUT2D eigenvalue weighted by atomic mass is 16.5. The van der Waals surface area contributed by atoms with Gasteiger partial charge in [0.1, 0.15) is 23.0 Å². The topological polar surface area (TPSA) is 24.9 Å². The first kappa shape index (κ1) is 83.0. The summed E-state index contributed by atoms with van der Waals surface area (Å²) in [5.74, 6) is 3.11. The number of nitrogens with zero attached hydrogens (tertiary/aromatic N) is 2. The molecule has 0 heterocycles. The molecule has 4 nitrogen and oxygen atoms in total. The predicted molar refractivity (Wildman–Crippen MR) is 540 cm³/mol. The number of aryl methyl sites for hydroxylation is 6. The van der Waals surface area contributed by atoms with Crippen LogP contribution in [0.25, 0.3) is 78.9 Å². The van der Waals surface area contributed by atoms with Crippen molar-refractivity contribution in [3.8, 4) is 89.8 Å². The smallest absolute Gasteiger partial charge is 0.127 e. The van der Waals surface area contributed by atoms with Crippen LogP contribution in [0.5, 0.6) is 23.0 Å². The number of unbranched alkanes of at least 4 members (excludes halogenated alkanes) is 6. The molecule has 2 aliphatic rings. The van der Waals surface area contributed by atoms with Gasteiger partial charge in [-0.1, -0.05) is 356 Å². The Hall–Kier alpha value is -14.6. The maximum Gasteiger partial charge on any atom is 0.127 e. The lowest BCUT2D eigenvalue weighted by Gasteiger charge is -2.36. The van der Waals surface area contributed by atoms with Crippen molar-refractivity contribution in [3.05, 3.63) is 490 Å². The van der Waals surface area contributed by atoms with Crippen LogP contribution < -0.4 is 19.3 Å². The highest BCUT2D eigenvalue weighted by Gasteiger charge is 2.49. The van der Waals surface area contributed by atoms with E-state index >= 15 is 0 Å². The molecule has 128 heavy (non-hydrogen) atoms. The molecular weight excluding hydrogens is 1550 g/mol. The van der Waals surface area contributed by atoms with Gasteiger partial charge in [-0.05, 0) is 319 Å². The van der Waals surface area contributed by atoms with Gasteiger partial charge in [-0.25, -0.2) is 0 Å². The molecule has 2 aliphatic carbocycles. The molecule has 2 unspecified atom stereocenters. The Labute approximate surface area is 757 Å². The van der Waals surface area contributed by atoms with Gasteiger partial charge in [0.2, 0.25) is 0 Å². The monoisotopic (exact) mass is 1660 g/mol. The van der Waals surface area contributed by atoms with E-state index in [-0.39, 0.29) is 0 Å². The third-order valence-electron chi connectivity index (χ3n) is 26.7. The molecule has 0 fully saturated rings. The highest BCUT2D eigenvalue weighted by molar-refractivity contribution is 5.93. The van der Waals surface area contributed by atoms with Crippen LogP contribution in [0, 0.1) is 27.7 Å². The second-order valence-electron chi connectivity index (χ2n) is 34.9. The van der Waals surface area contributed by atoms with E-state index in [1.165, 1.54) is 183 Å². The van der Waals surface area contributed by atoms with Crippen LogP contribution in [-0.4, -0.2) is 0 Å². The third-order valence-corrected chi connectivity index (χ3v) is 26.7. The minimum absolute atomic E-state index is 0.693. The molecule has 0 aromatic heterocycles. The Morgan fingerprint density at radius 3 is 0.914 bits per heavy atom. The predicted octanol–water partition coefficient (Wildman–Crippen LogP) is 34.4. The van der Waals surface area contributed by atoms with Crippen molar-refractivity contribution >= 4 is 46.3 Å². The minimum atomic E-state index is -0.693. The molecule has 0 aliphatic heterocycles. The molecule has 0 saturated heterocycles. The van der Waals surface area contributed by atoms with Gasteiger partial charge in [-0.2, -0.15) is 0 Å². The molecule has 0 amide bonds. The van der Waals surface area contributed by atoms with E-state index in [4.69, 9.17) is 9.47 Å². The van der Waals surface area contributed by atoms with Crippen molar-refractivity contribution in [2.75, 3.05) is 9.80 Å². The van der Waals surface area contributed by atoms with Crippen molar-refractivity contribution in [1.82, 2.24) is 0 Å². The maximum atomic E-state index is 6.58. The van der Waals surface area contributed by atoms with E-state index in [1.54, 1.807) is 0 Å². The molecule has 19 rings (SSSR count). The van der Waals surface area contributed by atoms with E-state index < -0.39 is 10.8 Å². The Morgan fingerprint density at radius 1 is 0.250 bits per heavy atom. The van der Waals surface area contributed by atoms with Gasteiger partial charge >= 0.3 is 0 Å². The number of anilines is 6. The quantitative estimate of drug-likeness (QED) is 0.0419. The van der Waals surface area contributed by atoms with Gasteiger partial charge in [0.05, 0.1) is 10.8 Å². The van der Waals surface area contributed by atoms with Gasteiger partial charge in [0, 0.05) is 34.1 Å². The number of benzene rings is 17. The summed E-state index contributed by atoms with van der Waals surface area (Å²) in [5, 5.41) is 0. The van der Waals surface area contributed by atoms with Crippen molar-refractivity contribution in [2.24, 2.45) is 0 Å². The van der Waals surface area contributed by atoms with Crippen LogP contribution in [0.3, 0.4) is 0 Å². The Kier molecular flexibility index (Phi) is 23.7. The van der Waals surface area contributed by atoms with Gasteiger partial charge in [-0.3, -0.25) is 0 Å². The number of hydrogen-bond acceptors (Lipinski definition) is 4. The fourth-order valence-electron chi connectivity index (χ4n) is 20.2. The molecule has 0 bridgehead atoms. The second-order valence-corrected chi connectivity index (χ2v) is 34.9. The zero-order chi connectivity index (χ0) is 87.2. The first-order chi connectivity index (χ1) is 62.9. The molecule has 2 atom stereocenters. The summed E-state index contributed by atoms with van der Waals surface area (Å²) in [6.07, 6.45) is 15.0. The summed E-state index contributed by atoms with van der Waals surface area (Å²) in [6, 6.07) is 145. The Balaban J connectivity index is 0.725. The summed E-state index contributed by atoms with van der Waals surface area (Å²) >= 11 is 0.